The highest BCUT2D eigenvalue weighted by molar-refractivity contribution is 7.10. The lowest BCUT2D eigenvalue weighted by molar-refractivity contribution is 0.0599. The van der Waals surface area contributed by atoms with E-state index in [4.69, 9.17) is 9.15 Å². The molecule has 102 valence electrons. The van der Waals surface area contributed by atoms with Gasteiger partial charge in [-0.15, -0.1) is 11.3 Å². The molecule has 0 saturated carbocycles. The standard InChI is InChI=1S/C14H17NO3S/c1-9(13-5-4-6-19-13)15-8-11-7-12(10(2)18-11)14(16)17-3/h4-7,9,15H,8H2,1-3H3/t9-/m1/s1. The molecule has 19 heavy (non-hydrogen) atoms. The van der Waals surface area contributed by atoms with Crippen LogP contribution < -0.4 is 5.32 Å². The van der Waals surface area contributed by atoms with Gasteiger partial charge in [0.15, 0.2) is 0 Å². The third-order valence-corrected chi connectivity index (χ3v) is 3.98. The summed E-state index contributed by atoms with van der Waals surface area (Å²) < 4.78 is 10.2. The number of hydrogen-bond acceptors (Lipinski definition) is 5. The largest absolute Gasteiger partial charge is 0.465 e. The van der Waals surface area contributed by atoms with Gasteiger partial charge in [-0.25, -0.2) is 4.79 Å². The van der Waals surface area contributed by atoms with Gasteiger partial charge in [0.25, 0.3) is 0 Å². The quantitative estimate of drug-likeness (QED) is 0.853. The topological polar surface area (TPSA) is 51.5 Å². The molecule has 0 saturated heterocycles. The molecule has 1 N–H and O–H groups in total. The lowest BCUT2D eigenvalue weighted by Crippen LogP contribution is -2.16. The summed E-state index contributed by atoms with van der Waals surface area (Å²) in [4.78, 5) is 12.7. The predicted molar refractivity (Wildman–Crippen MR) is 74.4 cm³/mol. The van der Waals surface area contributed by atoms with Gasteiger partial charge < -0.3 is 14.5 Å². The highest BCUT2D eigenvalue weighted by Gasteiger charge is 2.15. The normalized spacial score (nSPS) is 12.4. The fourth-order valence-electron chi connectivity index (χ4n) is 1.84. The number of aryl methyl sites for hydroxylation is 1. The zero-order chi connectivity index (χ0) is 13.8. The zero-order valence-corrected chi connectivity index (χ0v) is 12.0. The molecule has 0 unspecified atom stereocenters. The van der Waals surface area contributed by atoms with Gasteiger partial charge in [-0.1, -0.05) is 6.07 Å². The van der Waals surface area contributed by atoms with Crippen molar-refractivity contribution in [3.05, 3.63) is 45.5 Å². The first-order valence-corrected chi connectivity index (χ1v) is 6.94. The number of hydrogen-bond donors (Lipinski definition) is 1. The molecule has 2 heterocycles. The van der Waals surface area contributed by atoms with E-state index in [-0.39, 0.29) is 12.0 Å². The van der Waals surface area contributed by atoms with Crippen LogP contribution in [-0.2, 0) is 11.3 Å². The maximum absolute atomic E-state index is 11.5. The van der Waals surface area contributed by atoms with Crippen LogP contribution in [0.2, 0.25) is 0 Å². The van der Waals surface area contributed by atoms with E-state index in [0.717, 1.165) is 5.76 Å². The Balaban J connectivity index is 1.98. The van der Waals surface area contributed by atoms with Gasteiger partial charge in [0, 0.05) is 10.9 Å². The number of ether oxygens (including phenoxy) is 1. The second kappa shape index (κ2) is 6.04. The molecule has 0 radical (unpaired) electrons. The van der Waals surface area contributed by atoms with Crippen LogP contribution in [-0.4, -0.2) is 13.1 Å². The number of furan rings is 1. The molecular weight excluding hydrogens is 262 g/mol. The Hall–Kier alpha value is -1.59. The number of rotatable bonds is 5. The predicted octanol–water partition coefficient (Wildman–Crippen LogP) is 3.29. The summed E-state index contributed by atoms with van der Waals surface area (Å²) in [5.41, 5.74) is 0.489. The van der Waals surface area contributed by atoms with E-state index in [0.29, 0.717) is 17.9 Å². The van der Waals surface area contributed by atoms with Gasteiger partial charge in [0.1, 0.15) is 17.1 Å². The van der Waals surface area contributed by atoms with Gasteiger partial charge >= 0.3 is 5.97 Å². The fourth-order valence-corrected chi connectivity index (χ4v) is 2.59. The minimum atomic E-state index is -0.362. The fraction of sp³-hybridized carbons (Fsp3) is 0.357. The van der Waals surface area contributed by atoms with Crippen LogP contribution in [0.5, 0.6) is 0 Å². The highest BCUT2D eigenvalue weighted by atomic mass is 32.1. The van der Waals surface area contributed by atoms with Crippen molar-refractivity contribution in [1.29, 1.82) is 0 Å². The number of carbonyl (C=O) groups excluding carboxylic acids is 1. The van der Waals surface area contributed by atoms with E-state index in [1.165, 1.54) is 12.0 Å². The second-order valence-corrected chi connectivity index (χ2v) is 5.27. The first kappa shape index (κ1) is 13.8. The zero-order valence-electron chi connectivity index (χ0n) is 11.2. The summed E-state index contributed by atoms with van der Waals surface area (Å²) in [6, 6.07) is 6.11. The van der Waals surface area contributed by atoms with E-state index in [1.54, 1.807) is 24.3 Å². The maximum Gasteiger partial charge on any atom is 0.341 e. The SMILES string of the molecule is COC(=O)c1cc(CN[C@H](C)c2cccs2)oc1C. The van der Waals surface area contributed by atoms with E-state index in [1.807, 2.05) is 6.07 Å². The second-order valence-electron chi connectivity index (χ2n) is 4.29. The molecule has 2 rings (SSSR count). The van der Waals surface area contributed by atoms with E-state index in [2.05, 4.69) is 23.7 Å². The monoisotopic (exact) mass is 279 g/mol. The number of thiophene rings is 1. The molecule has 0 amide bonds. The molecule has 0 bridgehead atoms. The van der Waals surface area contributed by atoms with Gasteiger partial charge in [-0.3, -0.25) is 0 Å². The van der Waals surface area contributed by atoms with Crippen molar-refractivity contribution in [3.63, 3.8) is 0 Å². The van der Waals surface area contributed by atoms with Crippen molar-refractivity contribution in [1.82, 2.24) is 5.32 Å². The number of methoxy groups -OCH3 is 1. The van der Waals surface area contributed by atoms with Crippen LogP contribution >= 0.6 is 11.3 Å². The Kier molecular flexibility index (Phi) is 4.39. The molecule has 0 spiro atoms. The molecule has 1 atom stereocenters. The van der Waals surface area contributed by atoms with Crippen molar-refractivity contribution in [2.75, 3.05) is 7.11 Å². The van der Waals surface area contributed by atoms with Crippen molar-refractivity contribution in [2.45, 2.75) is 26.4 Å². The summed E-state index contributed by atoms with van der Waals surface area (Å²) in [6.45, 7) is 4.44. The van der Waals surface area contributed by atoms with Crippen LogP contribution in [0, 0.1) is 6.92 Å². The van der Waals surface area contributed by atoms with E-state index in [9.17, 15) is 4.79 Å². The summed E-state index contributed by atoms with van der Waals surface area (Å²) in [6.07, 6.45) is 0. The van der Waals surface area contributed by atoms with Crippen molar-refractivity contribution in [2.24, 2.45) is 0 Å². The molecule has 0 aliphatic heterocycles. The molecule has 5 heteroatoms. The third kappa shape index (κ3) is 3.24. The Morgan fingerprint density at radius 2 is 2.37 bits per heavy atom. The Labute approximate surface area is 116 Å². The average molecular weight is 279 g/mol. The van der Waals surface area contributed by atoms with Gasteiger partial charge in [0.2, 0.25) is 0 Å². The minimum Gasteiger partial charge on any atom is -0.465 e. The van der Waals surface area contributed by atoms with Crippen LogP contribution in [0.3, 0.4) is 0 Å². The molecule has 0 aliphatic carbocycles. The summed E-state index contributed by atoms with van der Waals surface area (Å²) >= 11 is 1.72. The Bertz CT molecular complexity index is 545. The minimum absolute atomic E-state index is 0.256. The highest BCUT2D eigenvalue weighted by Crippen LogP contribution is 2.20. The molecule has 0 fully saturated rings. The summed E-state index contributed by atoms with van der Waals surface area (Å²) in [7, 11) is 1.37. The van der Waals surface area contributed by atoms with Crippen molar-refractivity contribution in [3.8, 4) is 0 Å². The first-order chi connectivity index (χ1) is 9.11. The van der Waals surface area contributed by atoms with Crippen LogP contribution in [0.25, 0.3) is 0 Å². The smallest absolute Gasteiger partial charge is 0.341 e. The lowest BCUT2D eigenvalue weighted by atomic mass is 10.2. The van der Waals surface area contributed by atoms with Crippen LogP contribution in [0.15, 0.2) is 28.0 Å². The van der Waals surface area contributed by atoms with E-state index < -0.39 is 0 Å². The number of esters is 1. The lowest BCUT2D eigenvalue weighted by Gasteiger charge is -2.10. The first-order valence-electron chi connectivity index (χ1n) is 6.06. The van der Waals surface area contributed by atoms with Gasteiger partial charge in [-0.05, 0) is 31.4 Å². The van der Waals surface area contributed by atoms with Crippen molar-refractivity contribution >= 4 is 17.3 Å². The van der Waals surface area contributed by atoms with Crippen LogP contribution in [0.4, 0.5) is 0 Å². The molecule has 0 aromatic carbocycles. The Morgan fingerprint density at radius 1 is 1.58 bits per heavy atom. The maximum atomic E-state index is 11.5. The molecule has 0 aliphatic rings. The summed E-state index contributed by atoms with van der Waals surface area (Å²) in [5.74, 6) is 0.965. The number of nitrogens with one attached hydrogen (secondary N) is 1. The summed E-state index contributed by atoms with van der Waals surface area (Å²) in [5, 5.41) is 5.42. The molecule has 2 aromatic heterocycles. The molecule has 2 aromatic rings. The Morgan fingerprint density at radius 3 is 3.00 bits per heavy atom. The van der Waals surface area contributed by atoms with Crippen LogP contribution in [0.1, 0.15) is 39.7 Å². The average Bonchev–Trinajstić information content (AvgIpc) is 3.04. The molecular formula is C14H17NO3S. The van der Waals surface area contributed by atoms with Gasteiger partial charge in [-0.2, -0.15) is 0 Å². The number of carbonyl (C=O) groups is 1. The van der Waals surface area contributed by atoms with Gasteiger partial charge in [0.05, 0.1) is 13.7 Å². The third-order valence-electron chi connectivity index (χ3n) is 2.93. The molecule has 4 nitrogen and oxygen atoms in total. The van der Waals surface area contributed by atoms with E-state index >= 15 is 0 Å². The van der Waals surface area contributed by atoms with Crippen molar-refractivity contribution < 1.29 is 13.9 Å².